The Hall–Kier alpha value is -1.36. The quantitative estimate of drug-likeness (QED) is 0.567. The van der Waals surface area contributed by atoms with Crippen molar-refractivity contribution < 1.29 is 0 Å². The van der Waals surface area contributed by atoms with Crippen LogP contribution in [0.15, 0.2) is 29.3 Å². The fourth-order valence-corrected chi connectivity index (χ4v) is 3.10. The van der Waals surface area contributed by atoms with Gasteiger partial charge in [-0.3, -0.25) is 4.99 Å². The van der Waals surface area contributed by atoms with E-state index in [2.05, 4.69) is 73.7 Å². The van der Waals surface area contributed by atoms with Crippen LogP contribution in [0.1, 0.15) is 52.1 Å². The standard InChI is InChI=1S/C20H34N4S/c1-6-21-19(22-15-20(3,4)25-5)23-16(2)17-10-9-11-18(14-17)24-12-7-8-13-24/h9-11,14,16H,6-8,12-13,15H2,1-5H3,(H2,21,22,23). The van der Waals surface area contributed by atoms with Gasteiger partial charge in [-0.25, -0.2) is 0 Å². The molecule has 140 valence electrons. The molecular formula is C20H34N4S. The minimum Gasteiger partial charge on any atom is -0.372 e. The number of nitrogens with zero attached hydrogens (tertiary/aromatic N) is 2. The Morgan fingerprint density at radius 1 is 1.32 bits per heavy atom. The molecule has 4 nitrogen and oxygen atoms in total. The smallest absolute Gasteiger partial charge is 0.191 e. The molecule has 0 saturated carbocycles. The summed E-state index contributed by atoms with van der Waals surface area (Å²) in [7, 11) is 0. The van der Waals surface area contributed by atoms with Crippen molar-refractivity contribution in [2.24, 2.45) is 4.99 Å². The molecule has 1 unspecified atom stereocenters. The van der Waals surface area contributed by atoms with Gasteiger partial charge in [0.15, 0.2) is 5.96 Å². The van der Waals surface area contributed by atoms with E-state index in [-0.39, 0.29) is 10.8 Å². The van der Waals surface area contributed by atoms with E-state index in [1.54, 1.807) is 0 Å². The molecule has 0 radical (unpaired) electrons. The van der Waals surface area contributed by atoms with Crippen LogP contribution in [0.5, 0.6) is 0 Å². The molecule has 1 saturated heterocycles. The van der Waals surface area contributed by atoms with Gasteiger partial charge >= 0.3 is 0 Å². The third-order valence-corrected chi connectivity index (χ3v) is 5.94. The summed E-state index contributed by atoms with van der Waals surface area (Å²) in [6.45, 7) is 12.8. The van der Waals surface area contributed by atoms with Crippen molar-refractivity contribution >= 4 is 23.4 Å². The zero-order chi connectivity index (χ0) is 18.3. The summed E-state index contributed by atoms with van der Waals surface area (Å²) in [5, 5.41) is 6.93. The number of guanidine groups is 1. The monoisotopic (exact) mass is 362 g/mol. The predicted molar refractivity (Wildman–Crippen MR) is 113 cm³/mol. The molecule has 2 N–H and O–H groups in total. The van der Waals surface area contributed by atoms with Gasteiger partial charge in [-0.05, 0) is 64.5 Å². The highest BCUT2D eigenvalue weighted by atomic mass is 32.2. The summed E-state index contributed by atoms with van der Waals surface area (Å²) < 4.78 is 0.154. The number of thioether (sulfide) groups is 1. The molecule has 25 heavy (non-hydrogen) atoms. The lowest BCUT2D eigenvalue weighted by atomic mass is 10.1. The predicted octanol–water partition coefficient (Wildman–Crippen LogP) is 4.04. The normalized spacial score (nSPS) is 16.8. The van der Waals surface area contributed by atoms with Crippen LogP contribution >= 0.6 is 11.8 Å². The summed E-state index contributed by atoms with van der Waals surface area (Å²) in [5.74, 6) is 0.892. The summed E-state index contributed by atoms with van der Waals surface area (Å²) in [6, 6.07) is 9.13. The van der Waals surface area contributed by atoms with Crippen molar-refractivity contribution in [1.29, 1.82) is 0 Å². The first-order chi connectivity index (χ1) is 11.9. The van der Waals surface area contributed by atoms with Gasteiger partial charge in [0, 0.05) is 30.1 Å². The van der Waals surface area contributed by atoms with Gasteiger partial charge in [0.2, 0.25) is 0 Å². The van der Waals surface area contributed by atoms with Crippen molar-refractivity contribution in [3.8, 4) is 0 Å². The van der Waals surface area contributed by atoms with E-state index in [1.165, 1.54) is 37.2 Å². The van der Waals surface area contributed by atoms with E-state index in [4.69, 9.17) is 4.99 Å². The Kier molecular flexibility index (Phi) is 7.48. The SMILES string of the molecule is CCNC(=NCC(C)(C)SC)NC(C)c1cccc(N2CCCC2)c1. The van der Waals surface area contributed by atoms with Crippen LogP contribution in [0.25, 0.3) is 0 Å². The van der Waals surface area contributed by atoms with E-state index in [0.29, 0.717) is 0 Å². The van der Waals surface area contributed by atoms with Gasteiger partial charge < -0.3 is 15.5 Å². The van der Waals surface area contributed by atoms with Crippen LogP contribution in [0.4, 0.5) is 5.69 Å². The number of aliphatic imine (C=N–C) groups is 1. The maximum atomic E-state index is 4.78. The molecule has 0 bridgehead atoms. The molecule has 1 aromatic rings. The zero-order valence-electron chi connectivity index (χ0n) is 16.4. The second kappa shape index (κ2) is 9.37. The maximum absolute atomic E-state index is 4.78. The number of hydrogen-bond acceptors (Lipinski definition) is 3. The minimum absolute atomic E-state index is 0.154. The average molecular weight is 363 g/mol. The molecule has 0 aliphatic carbocycles. The first-order valence-electron chi connectivity index (χ1n) is 9.40. The maximum Gasteiger partial charge on any atom is 0.191 e. The van der Waals surface area contributed by atoms with Gasteiger partial charge in [0.1, 0.15) is 0 Å². The van der Waals surface area contributed by atoms with E-state index in [1.807, 2.05) is 11.8 Å². The van der Waals surface area contributed by atoms with Gasteiger partial charge in [-0.15, -0.1) is 0 Å². The van der Waals surface area contributed by atoms with Crippen molar-refractivity contribution in [1.82, 2.24) is 10.6 Å². The van der Waals surface area contributed by atoms with E-state index in [9.17, 15) is 0 Å². The van der Waals surface area contributed by atoms with Crippen molar-refractivity contribution in [2.75, 3.05) is 37.3 Å². The van der Waals surface area contributed by atoms with E-state index >= 15 is 0 Å². The fourth-order valence-electron chi connectivity index (χ4n) is 2.91. The lowest BCUT2D eigenvalue weighted by molar-refractivity contribution is 0.669. The van der Waals surface area contributed by atoms with E-state index in [0.717, 1.165) is 19.0 Å². The molecule has 5 heteroatoms. The average Bonchev–Trinajstić information content (AvgIpc) is 3.15. The molecule has 0 spiro atoms. The van der Waals surface area contributed by atoms with Gasteiger partial charge in [-0.1, -0.05) is 12.1 Å². The fraction of sp³-hybridized carbons (Fsp3) is 0.650. The summed E-state index contributed by atoms with van der Waals surface area (Å²) in [4.78, 5) is 7.27. The highest BCUT2D eigenvalue weighted by Gasteiger charge is 2.17. The number of anilines is 1. The molecular weight excluding hydrogens is 328 g/mol. The summed E-state index contributed by atoms with van der Waals surface area (Å²) in [5.41, 5.74) is 2.65. The van der Waals surface area contributed by atoms with Crippen LogP contribution < -0.4 is 15.5 Å². The molecule has 1 aromatic carbocycles. The van der Waals surface area contributed by atoms with Crippen LogP contribution in [0.2, 0.25) is 0 Å². The molecule has 2 rings (SSSR count). The molecule has 1 aliphatic rings. The van der Waals surface area contributed by atoms with Crippen molar-refractivity contribution in [3.63, 3.8) is 0 Å². The number of rotatable bonds is 7. The second-order valence-electron chi connectivity index (χ2n) is 7.31. The Morgan fingerprint density at radius 3 is 2.68 bits per heavy atom. The van der Waals surface area contributed by atoms with Crippen LogP contribution in [0.3, 0.4) is 0 Å². The molecule has 0 aromatic heterocycles. The lowest BCUT2D eigenvalue weighted by Crippen LogP contribution is -2.39. The minimum atomic E-state index is 0.154. The number of benzene rings is 1. The van der Waals surface area contributed by atoms with Gasteiger partial charge in [-0.2, -0.15) is 11.8 Å². The summed E-state index contributed by atoms with van der Waals surface area (Å²) in [6.07, 6.45) is 4.75. The molecule has 1 atom stereocenters. The third kappa shape index (κ3) is 6.14. The topological polar surface area (TPSA) is 39.7 Å². The molecule has 1 aliphatic heterocycles. The summed E-state index contributed by atoms with van der Waals surface area (Å²) >= 11 is 1.85. The lowest BCUT2D eigenvalue weighted by Gasteiger charge is -2.23. The third-order valence-electron chi connectivity index (χ3n) is 4.71. The number of nitrogens with one attached hydrogen (secondary N) is 2. The zero-order valence-corrected chi connectivity index (χ0v) is 17.2. The molecule has 1 heterocycles. The van der Waals surface area contributed by atoms with Crippen molar-refractivity contribution in [2.45, 2.75) is 51.3 Å². The van der Waals surface area contributed by atoms with E-state index < -0.39 is 0 Å². The number of hydrogen-bond donors (Lipinski definition) is 2. The van der Waals surface area contributed by atoms with Crippen LogP contribution in [-0.2, 0) is 0 Å². The van der Waals surface area contributed by atoms with Crippen molar-refractivity contribution in [3.05, 3.63) is 29.8 Å². The van der Waals surface area contributed by atoms with Crippen LogP contribution in [0, 0.1) is 0 Å². The highest BCUT2D eigenvalue weighted by molar-refractivity contribution is 7.99. The largest absolute Gasteiger partial charge is 0.372 e. The highest BCUT2D eigenvalue weighted by Crippen LogP contribution is 2.24. The van der Waals surface area contributed by atoms with Gasteiger partial charge in [0.05, 0.1) is 12.6 Å². The molecule has 0 amide bonds. The Bertz CT molecular complexity index is 565. The Labute approximate surface area is 157 Å². The Morgan fingerprint density at radius 2 is 2.04 bits per heavy atom. The van der Waals surface area contributed by atoms with Gasteiger partial charge in [0.25, 0.3) is 0 Å². The second-order valence-corrected chi connectivity index (χ2v) is 8.83. The first kappa shape index (κ1) is 20.0. The Balaban J connectivity index is 2.05. The first-order valence-corrected chi connectivity index (χ1v) is 10.6. The molecule has 1 fully saturated rings. The van der Waals surface area contributed by atoms with Crippen LogP contribution in [-0.4, -0.2) is 43.1 Å².